The zero-order valence-electron chi connectivity index (χ0n) is 28.1. The van der Waals surface area contributed by atoms with E-state index in [1.165, 1.54) is 51.0 Å². The first-order chi connectivity index (χ1) is 24.2. The Hall–Kier alpha value is -3.41. The maximum absolute atomic E-state index is 6.34. The molecule has 0 spiro atoms. The highest BCUT2D eigenvalue weighted by Crippen LogP contribution is 2.52. The highest BCUT2D eigenvalue weighted by atomic mass is 32.2. The SMILES string of the molecule is COc1ccc(COc2cc(N3CCOCC3)cc(-c3cccc4c3Sc3ccc(N[C@@H]5CCCC[C@H]5N5CCOCC5)cc3S4)n2)cc1. The summed E-state index contributed by atoms with van der Waals surface area (Å²) >= 11 is 3.71. The number of fused-ring (bicyclic) bond motifs is 2. The van der Waals surface area contributed by atoms with Crippen molar-refractivity contribution < 1.29 is 18.9 Å². The number of anilines is 2. The molecule has 8 rings (SSSR count). The van der Waals surface area contributed by atoms with Gasteiger partial charge in [0.25, 0.3) is 0 Å². The molecule has 0 amide bonds. The van der Waals surface area contributed by atoms with Crippen molar-refractivity contribution in [2.45, 2.75) is 64.0 Å². The Labute approximate surface area is 297 Å². The number of pyridine rings is 1. The Balaban J connectivity index is 1.04. The molecule has 1 aliphatic carbocycles. The number of hydrogen-bond acceptors (Lipinski definition) is 10. The van der Waals surface area contributed by atoms with Crippen molar-refractivity contribution in [3.8, 4) is 22.9 Å². The minimum atomic E-state index is 0.429. The van der Waals surface area contributed by atoms with E-state index in [1.54, 1.807) is 7.11 Å². The van der Waals surface area contributed by atoms with Gasteiger partial charge in [0.1, 0.15) is 12.4 Å². The third kappa shape index (κ3) is 7.54. The zero-order valence-corrected chi connectivity index (χ0v) is 29.7. The molecule has 4 heterocycles. The lowest BCUT2D eigenvalue weighted by atomic mass is 9.88. The van der Waals surface area contributed by atoms with Gasteiger partial charge in [-0.1, -0.05) is 60.6 Å². The molecule has 2 saturated heterocycles. The molecule has 8 nitrogen and oxygen atoms in total. The van der Waals surface area contributed by atoms with Crippen molar-refractivity contribution in [2.75, 3.05) is 69.9 Å². The third-order valence-electron chi connectivity index (χ3n) is 9.94. The van der Waals surface area contributed by atoms with Gasteiger partial charge in [0, 0.05) is 80.8 Å². The van der Waals surface area contributed by atoms with Crippen LogP contribution in [0, 0.1) is 0 Å². The van der Waals surface area contributed by atoms with Crippen LogP contribution in [0.5, 0.6) is 11.6 Å². The topological polar surface area (TPSA) is 68.3 Å². The summed E-state index contributed by atoms with van der Waals surface area (Å²) in [6.45, 7) is 7.33. The number of ether oxygens (including phenoxy) is 4. The van der Waals surface area contributed by atoms with E-state index < -0.39 is 0 Å². The second kappa shape index (κ2) is 15.2. The second-order valence-corrected chi connectivity index (χ2v) is 15.2. The Morgan fingerprint density at radius 3 is 2.43 bits per heavy atom. The molecule has 1 saturated carbocycles. The lowest BCUT2D eigenvalue weighted by molar-refractivity contribution is 0.00560. The van der Waals surface area contributed by atoms with E-state index in [1.807, 2.05) is 47.8 Å². The molecule has 0 bridgehead atoms. The third-order valence-corrected chi connectivity index (χ3v) is 12.5. The fraction of sp³-hybridized carbons (Fsp3) is 0.410. The Morgan fingerprint density at radius 2 is 1.61 bits per heavy atom. The first-order valence-corrected chi connectivity index (χ1v) is 19.2. The maximum Gasteiger partial charge on any atom is 0.216 e. The van der Waals surface area contributed by atoms with Gasteiger partial charge in [-0.25, -0.2) is 4.98 Å². The predicted molar refractivity (Wildman–Crippen MR) is 197 cm³/mol. The van der Waals surface area contributed by atoms with Gasteiger partial charge in [-0.15, -0.1) is 0 Å². The number of rotatable bonds is 9. The van der Waals surface area contributed by atoms with Gasteiger partial charge in [-0.2, -0.15) is 0 Å². The average Bonchev–Trinajstić information content (AvgIpc) is 3.17. The number of hydrogen-bond donors (Lipinski definition) is 1. The van der Waals surface area contributed by atoms with Crippen LogP contribution in [0.4, 0.5) is 11.4 Å². The van der Waals surface area contributed by atoms with E-state index in [0.29, 0.717) is 24.6 Å². The minimum absolute atomic E-state index is 0.429. The Bertz CT molecular complexity index is 1740. The quantitative estimate of drug-likeness (QED) is 0.165. The van der Waals surface area contributed by atoms with Crippen molar-refractivity contribution in [3.05, 3.63) is 78.4 Å². The summed E-state index contributed by atoms with van der Waals surface area (Å²) < 4.78 is 23.0. The lowest BCUT2D eigenvalue weighted by Crippen LogP contribution is -2.52. The van der Waals surface area contributed by atoms with Crippen LogP contribution in [0.3, 0.4) is 0 Å². The summed E-state index contributed by atoms with van der Waals surface area (Å²) in [5.74, 6) is 1.45. The number of morpholine rings is 2. The van der Waals surface area contributed by atoms with Crippen LogP contribution in [0.1, 0.15) is 31.2 Å². The summed E-state index contributed by atoms with van der Waals surface area (Å²) in [5, 5.41) is 3.96. The molecule has 10 heteroatoms. The van der Waals surface area contributed by atoms with Crippen LogP contribution in [0.15, 0.2) is 92.4 Å². The molecule has 3 aromatic carbocycles. The molecule has 2 atom stereocenters. The van der Waals surface area contributed by atoms with Gasteiger partial charge in [0.2, 0.25) is 5.88 Å². The van der Waals surface area contributed by atoms with Crippen molar-refractivity contribution in [3.63, 3.8) is 0 Å². The minimum Gasteiger partial charge on any atom is -0.497 e. The Morgan fingerprint density at radius 1 is 0.816 bits per heavy atom. The molecule has 0 unspecified atom stereocenters. The van der Waals surface area contributed by atoms with Crippen molar-refractivity contribution >= 4 is 34.9 Å². The van der Waals surface area contributed by atoms with Gasteiger partial charge in [0.15, 0.2) is 0 Å². The largest absolute Gasteiger partial charge is 0.497 e. The molecule has 4 aromatic rings. The predicted octanol–water partition coefficient (Wildman–Crippen LogP) is 7.84. The van der Waals surface area contributed by atoms with Crippen LogP contribution in [-0.2, 0) is 16.1 Å². The summed E-state index contributed by atoms with van der Waals surface area (Å²) in [5.41, 5.74) is 5.44. The highest BCUT2D eigenvalue weighted by Gasteiger charge is 2.31. The van der Waals surface area contributed by atoms with Crippen molar-refractivity contribution in [2.24, 2.45) is 0 Å². The summed E-state index contributed by atoms with van der Waals surface area (Å²) in [4.78, 5) is 15.2. The number of benzene rings is 3. The maximum atomic E-state index is 6.34. The molecule has 1 N–H and O–H groups in total. The van der Waals surface area contributed by atoms with Crippen molar-refractivity contribution in [1.82, 2.24) is 9.88 Å². The normalized spacial score (nSPS) is 21.0. The van der Waals surface area contributed by atoms with Crippen molar-refractivity contribution in [1.29, 1.82) is 0 Å². The fourth-order valence-electron chi connectivity index (χ4n) is 7.32. The van der Waals surface area contributed by atoms with E-state index in [9.17, 15) is 0 Å². The highest BCUT2D eigenvalue weighted by molar-refractivity contribution is 8.05. The van der Waals surface area contributed by atoms with Crippen LogP contribution < -0.4 is 19.7 Å². The van der Waals surface area contributed by atoms with Gasteiger partial charge >= 0.3 is 0 Å². The number of nitrogens with one attached hydrogen (secondary N) is 1. The molecular formula is C39H44N4O4S2. The van der Waals surface area contributed by atoms with E-state index in [-0.39, 0.29) is 0 Å². The molecule has 49 heavy (non-hydrogen) atoms. The summed E-state index contributed by atoms with van der Waals surface area (Å²) in [6.07, 6.45) is 5.09. The summed E-state index contributed by atoms with van der Waals surface area (Å²) in [6, 6.07) is 26.8. The average molecular weight is 697 g/mol. The van der Waals surface area contributed by atoms with Gasteiger partial charge in [-0.05, 0) is 60.9 Å². The van der Waals surface area contributed by atoms with E-state index in [2.05, 4.69) is 63.6 Å². The van der Waals surface area contributed by atoms with E-state index in [4.69, 9.17) is 23.9 Å². The standard InChI is InChI=1S/C39H44N4O4S2/c1-44-30-12-9-27(10-13-30)26-47-38-25-29(42-15-19-45-20-16-42)24-33(41-38)31-5-4-8-36-39(31)49-35-14-11-28(23-37(35)48-36)40-32-6-2-3-7-34(32)43-17-21-46-22-18-43/h4-5,8-14,23-25,32,34,40H,2-3,6-7,15-22,26H2,1H3/t32-,34-/m1/s1. The second-order valence-electron chi connectivity index (χ2n) is 13.0. The monoisotopic (exact) mass is 696 g/mol. The van der Waals surface area contributed by atoms with Gasteiger partial charge < -0.3 is 29.2 Å². The van der Waals surface area contributed by atoms with Gasteiger partial charge in [0.05, 0.1) is 39.2 Å². The molecule has 3 fully saturated rings. The first-order valence-electron chi connectivity index (χ1n) is 17.5. The van der Waals surface area contributed by atoms with Crippen LogP contribution in [0.25, 0.3) is 11.3 Å². The molecule has 0 radical (unpaired) electrons. The van der Waals surface area contributed by atoms with Gasteiger partial charge in [-0.3, -0.25) is 4.90 Å². The zero-order chi connectivity index (χ0) is 33.0. The molecule has 256 valence electrons. The lowest BCUT2D eigenvalue weighted by Gasteiger charge is -2.42. The number of methoxy groups -OCH3 is 1. The molecular weight excluding hydrogens is 653 g/mol. The Kier molecular flexibility index (Phi) is 10.2. The van der Waals surface area contributed by atoms with Crippen LogP contribution >= 0.6 is 23.5 Å². The molecule has 3 aliphatic heterocycles. The molecule has 1 aromatic heterocycles. The first kappa shape index (κ1) is 32.8. The number of nitrogens with zero attached hydrogens (tertiary/aromatic N) is 3. The fourth-order valence-corrected chi connectivity index (χ4v) is 9.73. The molecule has 4 aliphatic rings. The van der Waals surface area contributed by atoms with Crippen LogP contribution in [-0.4, -0.2) is 81.7 Å². The van der Waals surface area contributed by atoms with E-state index >= 15 is 0 Å². The number of aromatic nitrogens is 1. The van der Waals surface area contributed by atoms with Crippen LogP contribution in [0.2, 0.25) is 0 Å². The summed E-state index contributed by atoms with van der Waals surface area (Å²) in [7, 11) is 1.68. The van der Waals surface area contributed by atoms with E-state index in [0.717, 1.165) is 80.9 Å². The smallest absolute Gasteiger partial charge is 0.216 e.